The van der Waals surface area contributed by atoms with E-state index < -0.39 is 12.2 Å². The van der Waals surface area contributed by atoms with Gasteiger partial charge >= 0.3 is 0 Å². The van der Waals surface area contributed by atoms with Crippen LogP contribution in [0.25, 0.3) is 0 Å². The van der Waals surface area contributed by atoms with Gasteiger partial charge in [-0.2, -0.15) is 0 Å². The molecular formula is C18H38O4. The zero-order valence-electron chi connectivity index (χ0n) is 14.6. The Hall–Kier alpha value is -0.160. The van der Waals surface area contributed by atoms with Crippen molar-refractivity contribution in [2.45, 2.75) is 96.7 Å². The fraction of sp³-hybridized carbons (Fsp3) is 1.00. The predicted octanol–water partition coefficient (Wildman–Crippen LogP) is 3.01. The number of rotatable bonds is 15. The van der Waals surface area contributed by atoms with Crippen molar-refractivity contribution in [2.75, 3.05) is 13.2 Å². The molecule has 0 saturated heterocycles. The fourth-order valence-corrected chi connectivity index (χ4v) is 3.05. The smallest absolute Gasteiger partial charge is 0.0770 e. The molecule has 0 aromatic rings. The Morgan fingerprint density at radius 1 is 0.727 bits per heavy atom. The van der Waals surface area contributed by atoms with E-state index in [1.807, 2.05) is 13.8 Å². The van der Waals surface area contributed by atoms with Gasteiger partial charge < -0.3 is 20.4 Å². The molecule has 4 heteroatoms. The second kappa shape index (κ2) is 13.3. The van der Waals surface area contributed by atoms with Crippen LogP contribution in [0.2, 0.25) is 0 Å². The second-order valence-corrected chi connectivity index (χ2v) is 6.63. The van der Waals surface area contributed by atoms with Crippen LogP contribution in [0.5, 0.6) is 0 Å². The van der Waals surface area contributed by atoms with Crippen molar-refractivity contribution >= 4 is 0 Å². The highest BCUT2D eigenvalue weighted by atomic mass is 16.3. The second-order valence-electron chi connectivity index (χ2n) is 6.63. The van der Waals surface area contributed by atoms with Gasteiger partial charge in [0.05, 0.1) is 25.4 Å². The standard InChI is InChI=1S/C18H38O4/c1-3-18(4-2,15-20)17(22)13-11-9-7-5-6-8-10-12-16(21)14-19/h16-17,19-22H,3-15H2,1-2H3. The van der Waals surface area contributed by atoms with Gasteiger partial charge in [0, 0.05) is 5.41 Å². The van der Waals surface area contributed by atoms with Gasteiger partial charge in [-0.25, -0.2) is 0 Å². The molecule has 0 aliphatic heterocycles. The topological polar surface area (TPSA) is 80.9 Å². The Morgan fingerprint density at radius 3 is 1.59 bits per heavy atom. The van der Waals surface area contributed by atoms with Crippen molar-refractivity contribution < 1.29 is 20.4 Å². The molecular weight excluding hydrogens is 280 g/mol. The Labute approximate surface area is 136 Å². The first kappa shape index (κ1) is 21.8. The van der Waals surface area contributed by atoms with Gasteiger partial charge in [-0.1, -0.05) is 58.8 Å². The summed E-state index contributed by atoms with van der Waals surface area (Å²) in [4.78, 5) is 0. The summed E-state index contributed by atoms with van der Waals surface area (Å²) in [5, 5.41) is 37.8. The quantitative estimate of drug-likeness (QED) is 0.350. The fourth-order valence-electron chi connectivity index (χ4n) is 3.05. The third-order valence-electron chi connectivity index (χ3n) is 5.16. The maximum absolute atomic E-state index is 10.3. The number of hydrogen-bond donors (Lipinski definition) is 4. The third kappa shape index (κ3) is 8.47. The molecule has 0 spiro atoms. The van der Waals surface area contributed by atoms with Gasteiger partial charge in [-0.15, -0.1) is 0 Å². The van der Waals surface area contributed by atoms with Crippen LogP contribution in [0, 0.1) is 5.41 Å². The van der Waals surface area contributed by atoms with Crippen molar-refractivity contribution in [3.8, 4) is 0 Å². The zero-order chi connectivity index (χ0) is 16.8. The minimum absolute atomic E-state index is 0.0703. The molecule has 0 saturated carbocycles. The Kier molecular flexibility index (Phi) is 13.2. The first-order chi connectivity index (χ1) is 10.6. The molecule has 0 radical (unpaired) electrons. The molecule has 134 valence electrons. The summed E-state index contributed by atoms with van der Waals surface area (Å²) >= 11 is 0. The maximum Gasteiger partial charge on any atom is 0.0770 e. The molecule has 0 rings (SSSR count). The van der Waals surface area contributed by atoms with Crippen LogP contribution in [0.15, 0.2) is 0 Å². The zero-order valence-corrected chi connectivity index (χ0v) is 14.6. The lowest BCUT2D eigenvalue weighted by atomic mass is 9.76. The van der Waals surface area contributed by atoms with E-state index in [0.29, 0.717) is 6.42 Å². The summed E-state index contributed by atoms with van der Waals surface area (Å²) in [5.74, 6) is 0. The Bertz CT molecular complexity index is 233. The van der Waals surface area contributed by atoms with E-state index in [-0.39, 0.29) is 18.6 Å². The highest BCUT2D eigenvalue weighted by molar-refractivity contribution is 4.83. The van der Waals surface area contributed by atoms with Crippen molar-refractivity contribution in [3.63, 3.8) is 0 Å². The number of aliphatic hydroxyl groups excluding tert-OH is 4. The molecule has 0 aromatic heterocycles. The van der Waals surface area contributed by atoms with Crippen molar-refractivity contribution in [3.05, 3.63) is 0 Å². The highest BCUT2D eigenvalue weighted by Gasteiger charge is 2.33. The molecule has 0 fully saturated rings. The number of aliphatic hydroxyl groups is 4. The predicted molar refractivity (Wildman–Crippen MR) is 90.8 cm³/mol. The molecule has 4 nitrogen and oxygen atoms in total. The van der Waals surface area contributed by atoms with E-state index in [1.54, 1.807) is 0 Å². The Morgan fingerprint density at radius 2 is 1.18 bits per heavy atom. The minimum Gasteiger partial charge on any atom is -0.396 e. The van der Waals surface area contributed by atoms with Crippen molar-refractivity contribution in [1.82, 2.24) is 0 Å². The van der Waals surface area contributed by atoms with Crippen LogP contribution in [0.1, 0.15) is 84.5 Å². The molecule has 0 amide bonds. The summed E-state index contributed by atoms with van der Waals surface area (Å²) in [7, 11) is 0. The molecule has 4 N–H and O–H groups in total. The van der Waals surface area contributed by atoms with Crippen LogP contribution in [0.4, 0.5) is 0 Å². The molecule has 0 aromatic carbocycles. The normalized spacial score (nSPS) is 15.0. The van der Waals surface area contributed by atoms with Gasteiger partial charge in [0.2, 0.25) is 0 Å². The molecule has 2 unspecified atom stereocenters. The first-order valence-corrected chi connectivity index (χ1v) is 9.14. The molecule has 22 heavy (non-hydrogen) atoms. The first-order valence-electron chi connectivity index (χ1n) is 9.14. The van der Waals surface area contributed by atoms with Crippen molar-refractivity contribution in [2.24, 2.45) is 5.41 Å². The van der Waals surface area contributed by atoms with Crippen LogP contribution in [-0.2, 0) is 0 Å². The van der Waals surface area contributed by atoms with Crippen molar-refractivity contribution in [1.29, 1.82) is 0 Å². The van der Waals surface area contributed by atoms with E-state index in [2.05, 4.69) is 0 Å². The molecule has 2 atom stereocenters. The number of unbranched alkanes of at least 4 members (excludes halogenated alkanes) is 6. The Balaban J connectivity index is 3.57. The van der Waals surface area contributed by atoms with Crippen LogP contribution in [-0.4, -0.2) is 45.8 Å². The summed E-state index contributed by atoms with van der Waals surface area (Å²) in [6.45, 7) is 4.02. The van der Waals surface area contributed by atoms with Gasteiger partial charge in [0.15, 0.2) is 0 Å². The third-order valence-corrected chi connectivity index (χ3v) is 5.16. The van der Waals surface area contributed by atoms with Gasteiger partial charge in [0.1, 0.15) is 0 Å². The highest BCUT2D eigenvalue weighted by Crippen LogP contribution is 2.32. The minimum atomic E-state index is -0.551. The van der Waals surface area contributed by atoms with E-state index in [9.17, 15) is 15.3 Å². The van der Waals surface area contributed by atoms with Gasteiger partial charge in [0.25, 0.3) is 0 Å². The maximum atomic E-state index is 10.3. The van der Waals surface area contributed by atoms with Crippen LogP contribution < -0.4 is 0 Å². The van der Waals surface area contributed by atoms with E-state index in [0.717, 1.165) is 44.9 Å². The van der Waals surface area contributed by atoms with E-state index in [4.69, 9.17) is 5.11 Å². The lowest BCUT2D eigenvalue weighted by Gasteiger charge is -2.34. The van der Waals surface area contributed by atoms with Crippen LogP contribution in [0.3, 0.4) is 0 Å². The lowest BCUT2D eigenvalue weighted by Crippen LogP contribution is -2.37. The lowest BCUT2D eigenvalue weighted by molar-refractivity contribution is -0.0291. The monoisotopic (exact) mass is 318 g/mol. The molecule has 0 aliphatic carbocycles. The van der Waals surface area contributed by atoms with Gasteiger partial charge in [-0.05, 0) is 25.7 Å². The SMILES string of the molecule is CCC(CC)(CO)C(O)CCCCCCCCCC(O)CO. The molecule has 0 heterocycles. The van der Waals surface area contributed by atoms with E-state index in [1.165, 1.54) is 19.3 Å². The largest absolute Gasteiger partial charge is 0.396 e. The number of hydrogen-bond acceptors (Lipinski definition) is 4. The van der Waals surface area contributed by atoms with E-state index >= 15 is 0 Å². The van der Waals surface area contributed by atoms with Gasteiger partial charge in [-0.3, -0.25) is 0 Å². The average Bonchev–Trinajstić information content (AvgIpc) is 2.55. The molecule has 0 bridgehead atoms. The summed E-state index contributed by atoms with van der Waals surface area (Å²) in [5.41, 5.74) is -0.312. The summed E-state index contributed by atoms with van der Waals surface area (Å²) < 4.78 is 0. The van der Waals surface area contributed by atoms with Crippen LogP contribution >= 0.6 is 0 Å². The molecule has 0 aliphatic rings. The average molecular weight is 318 g/mol. The summed E-state index contributed by atoms with van der Waals surface area (Å²) in [6.07, 6.45) is 9.95. The summed E-state index contributed by atoms with van der Waals surface area (Å²) in [6, 6.07) is 0.